The van der Waals surface area contributed by atoms with Gasteiger partial charge in [0, 0.05) is 11.3 Å². The summed E-state index contributed by atoms with van der Waals surface area (Å²) in [5, 5.41) is 16.8. The fourth-order valence-corrected chi connectivity index (χ4v) is 6.30. The second kappa shape index (κ2) is 13.1. The van der Waals surface area contributed by atoms with E-state index in [1.807, 2.05) is 51.1 Å². The highest BCUT2D eigenvalue weighted by Gasteiger charge is 2.49. The largest absolute Gasteiger partial charge is 0.381 e. The number of carbonyl (C=O) groups excluding carboxylic acids is 3. The fourth-order valence-electron chi connectivity index (χ4n) is 4.91. The molecule has 0 saturated carbocycles. The number of aryl methyl sites for hydroxylation is 1. The van der Waals surface area contributed by atoms with Crippen LogP contribution in [-0.4, -0.2) is 56.5 Å². The predicted molar refractivity (Wildman–Crippen MR) is 159 cm³/mol. The van der Waals surface area contributed by atoms with E-state index in [2.05, 4.69) is 10.6 Å². The molecule has 0 bridgehead atoms. The lowest BCUT2D eigenvalue weighted by Gasteiger charge is -2.33. The van der Waals surface area contributed by atoms with E-state index >= 15 is 0 Å². The van der Waals surface area contributed by atoms with Crippen LogP contribution in [0.2, 0.25) is 5.02 Å². The minimum Gasteiger partial charge on any atom is -0.381 e. The molecule has 3 amide bonds. The molecule has 0 spiro atoms. The Morgan fingerprint density at radius 3 is 2.44 bits per heavy atom. The summed E-state index contributed by atoms with van der Waals surface area (Å²) in [6.07, 6.45) is -1.63. The number of aliphatic hydroxyl groups excluding tert-OH is 1. The van der Waals surface area contributed by atoms with E-state index in [1.165, 1.54) is 28.8 Å². The monoisotopic (exact) mass is 597 g/mol. The Hall–Kier alpha value is -3.40. The van der Waals surface area contributed by atoms with Gasteiger partial charge in [0.05, 0.1) is 22.5 Å². The number of amides is 3. The first-order chi connectivity index (χ1) is 19.5. The van der Waals surface area contributed by atoms with E-state index in [4.69, 9.17) is 11.6 Å². The molecule has 3 unspecified atom stereocenters. The molecular weight excluding hydrogens is 565 g/mol. The van der Waals surface area contributed by atoms with E-state index < -0.39 is 40.6 Å². The predicted octanol–water partition coefficient (Wildman–Crippen LogP) is 4.49. The molecule has 3 atom stereocenters. The summed E-state index contributed by atoms with van der Waals surface area (Å²) < 4.78 is 13.9. The normalized spacial score (nSPS) is 17.5. The number of nitrogens with zero attached hydrogens (tertiary/aromatic N) is 1. The zero-order valence-corrected chi connectivity index (χ0v) is 24.6. The lowest BCUT2D eigenvalue weighted by Crippen LogP contribution is -2.58. The van der Waals surface area contributed by atoms with Crippen LogP contribution in [0, 0.1) is 12.7 Å². The molecule has 0 radical (unpaired) electrons. The van der Waals surface area contributed by atoms with Crippen LogP contribution in [0.15, 0.2) is 72.8 Å². The maximum atomic E-state index is 14.5. The lowest BCUT2D eigenvalue weighted by molar-refractivity contribution is -0.147. The Morgan fingerprint density at radius 2 is 1.76 bits per heavy atom. The first-order valence-electron chi connectivity index (χ1n) is 13.2. The van der Waals surface area contributed by atoms with Crippen molar-refractivity contribution in [1.29, 1.82) is 0 Å². The van der Waals surface area contributed by atoms with Gasteiger partial charge in [-0.3, -0.25) is 14.4 Å². The number of hydrogen-bond donors (Lipinski definition) is 3. The summed E-state index contributed by atoms with van der Waals surface area (Å²) in [6.45, 7) is 6.00. The van der Waals surface area contributed by atoms with Crippen LogP contribution < -0.4 is 10.6 Å². The minimum absolute atomic E-state index is 0.0834. The van der Waals surface area contributed by atoms with Gasteiger partial charge in [-0.25, -0.2) is 4.39 Å². The molecule has 41 heavy (non-hydrogen) atoms. The van der Waals surface area contributed by atoms with Crippen molar-refractivity contribution in [3.8, 4) is 0 Å². The quantitative estimate of drug-likeness (QED) is 0.338. The molecule has 3 aromatic carbocycles. The van der Waals surface area contributed by atoms with E-state index in [0.29, 0.717) is 6.54 Å². The highest BCUT2D eigenvalue weighted by Crippen LogP contribution is 2.40. The van der Waals surface area contributed by atoms with Crippen LogP contribution in [0.1, 0.15) is 40.9 Å². The van der Waals surface area contributed by atoms with Crippen LogP contribution in [0.5, 0.6) is 0 Å². The minimum atomic E-state index is -1.72. The van der Waals surface area contributed by atoms with Gasteiger partial charge < -0.3 is 20.6 Å². The van der Waals surface area contributed by atoms with Crippen molar-refractivity contribution in [3.63, 3.8) is 0 Å². The van der Waals surface area contributed by atoms with Gasteiger partial charge in [0.15, 0.2) is 6.10 Å². The molecule has 4 rings (SSSR count). The number of carbonyl (C=O) groups is 3. The van der Waals surface area contributed by atoms with Crippen molar-refractivity contribution in [3.05, 3.63) is 106 Å². The third-order valence-corrected chi connectivity index (χ3v) is 8.92. The Balaban J connectivity index is 1.57. The summed E-state index contributed by atoms with van der Waals surface area (Å²) in [7, 11) is 0. The van der Waals surface area contributed by atoms with Crippen LogP contribution in [0.25, 0.3) is 0 Å². The first kappa shape index (κ1) is 30.6. The van der Waals surface area contributed by atoms with Crippen molar-refractivity contribution in [2.45, 2.75) is 56.7 Å². The highest BCUT2D eigenvalue weighted by atomic mass is 35.5. The molecule has 0 aliphatic carbocycles. The smallest absolute Gasteiger partial charge is 0.256 e. The van der Waals surface area contributed by atoms with Gasteiger partial charge in [-0.05, 0) is 56.0 Å². The molecule has 7 nitrogen and oxygen atoms in total. The van der Waals surface area contributed by atoms with Crippen molar-refractivity contribution in [2.75, 3.05) is 5.88 Å². The van der Waals surface area contributed by atoms with Crippen molar-refractivity contribution < 1.29 is 23.9 Å². The Morgan fingerprint density at radius 1 is 1.07 bits per heavy atom. The van der Waals surface area contributed by atoms with Crippen LogP contribution in [0.3, 0.4) is 0 Å². The van der Waals surface area contributed by atoms with E-state index in [9.17, 15) is 23.9 Å². The molecule has 1 fully saturated rings. The zero-order chi connectivity index (χ0) is 29.7. The third kappa shape index (κ3) is 7.09. The van der Waals surface area contributed by atoms with Gasteiger partial charge in [0.25, 0.3) is 11.8 Å². The topological polar surface area (TPSA) is 98.7 Å². The summed E-state index contributed by atoms with van der Waals surface area (Å²) in [4.78, 5) is 41.7. The number of benzene rings is 3. The summed E-state index contributed by atoms with van der Waals surface area (Å²) in [5.74, 6) is -2.55. The average molecular weight is 598 g/mol. The number of halogens is 2. The van der Waals surface area contributed by atoms with Gasteiger partial charge in [0.1, 0.15) is 11.9 Å². The van der Waals surface area contributed by atoms with E-state index in [0.717, 1.165) is 22.8 Å². The lowest BCUT2D eigenvalue weighted by atomic mass is 9.96. The zero-order valence-electron chi connectivity index (χ0n) is 23.1. The Labute approximate surface area is 248 Å². The Bertz CT molecular complexity index is 1400. The van der Waals surface area contributed by atoms with Gasteiger partial charge in [0.2, 0.25) is 5.91 Å². The van der Waals surface area contributed by atoms with Gasteiger partial charge >= 0.3 is 0 Å². The van der Waals surface area contributed by atoms with E-state index in [-0.39, 0.29) is 28.8 Å². The van der Waals surface area contributed by atoms with E-state index in [1.54, 1.807) is 24.3 Å². The highest BCUT2D eigenvalue weighted by molar-refractivity contribution is 8.00. The summed E-state index contributed by atoms with van der Waals surface area (Å²) in [5.41, 5.74) is 2.36. The number of aliphatic hydroxyl groups is 1. The second-order valence-corrected chi connectivity index (χ2v) is 12.5. The third-order valence-electron chi connectivity index (χ3n) is 7.23. The molecule has 3 aromatic rings. The second-order valence-electron chi connectivity index (χ2n) is 10.5. The maximum Gasteiger partial charge on any atom is 0.256 e. The maximum absolute atomic E-state index is 14.5. The average Bonchev–Trinajstić information content (AvgIpc) is 3.26. The molecule has 1 heterocycles. The molecule has 216 valence electrons. The van der Waals surface area contributed by atoms with Gasteiger partial charge in [-0.2, -0.15) is 0 Å². The molecule has 0 aromatic heterocycles. The number of nitrogens with one attached hydrogen (secondary N) is 2. The molecule has 1 aliphatic rings. The summed E-state index contributed by atoms with van der Waals surface area (Å²) >= 11 is 7.52. The van der Waals surface area contributed by atoms with Crippen LogP contribution in [-0.2, 0) is 22.6 Å². The molecule has 3 N–H and O–H groups in total. The molecule has 1 aliphatic heterocycles. The number of thioether (sulfide) groups is 1. The van der Waals surface area contributed by atoms with Crippen LogP contribution in [0.4, 0.5) is 4.39 Å². The molecule has 1 saturated heterocycles. The number of rotatable bonds is 9. The first-order valence-corrected chi connectivity index (χ1v) is 14.6. The van der Waals surface area contributed by atoms with Crippen molar-refractivity contribution in [1.82, 2.24) is 15.5 Å². The van der Waals surface area contributed by atoms with Crippen molar-refractivity contribution in [2.24, 2.45) is 0 Å². The Kier molecular flexibility index (Phi) is 9.73. The van der Waals surface area contributed by atoms with Gasteiger partial charge in [-0.1, -0.05) is 72.3 Å². The van der Waals surface area contributed by atoms with Gasteiger partial charge in [-0.15, -0.1) is 11.8 Å². The molecular formula is C31H33ClFN3O4S. The SMILES string of the molecule is Cc1ccccc1CNC(=O)C1N(C(=O)C(O)C(Cc2ccccc2)NC(=O)c2c(F)cccc2Cl)CSC1(C)C. The fraction of sp³-hybridized carbons (Fsp3) is 0.323. The van der Waals surface area contributed by atoms with Crippen LogP contribution >= 0.6 is 23.4 Å². The van der Waals surface area contributed by atoms with Crippen molar-refractivity contribution >= 4 is 41.1 Å². The number of hydrogen-bond acceptors (Lipinski definition) is 5. The standard InChI is InChI=1S/C31H33ClFN3O4S/c1-19-10-7-8-13-21(19)17-34-29(39)27-31(2,3)41-18-36(27)30(40)26(37)24(16-20-11-5-4-6-12-20)35-28(38)25-22(32)14-9-15-23(25)33/h4-15,24,26-27,37H,16-18H2,1-3H3,(H,34,39)(H,35,38). The summed E-state index contributed by atoms with van der Waals surface area (Å²) in [6, 6.07) is 18.6. The molecule has 10 heteroatoms.